The second-order valence-electron chi connectivity index (χ2n) is 9.74. The van der Waals surface area contributed by atoms with E-state index in [1.807, 2.05) is 13.2 Å². The van der Waals surface area contributed by atoms with E-state index in [9.17, 15) is 9.59 Å². The zero-order valence-electron chi connectivity index (χ0n) is 26.8. The molecule has 1 radical (unpaired) electrons. The van der Waals surface area contributed by atoms with Crippen LogP contribution in [0, 0.1) is 23.6 Å². The number of hydrogen-bond acceptors (Lipinski definition) is 11. The van der Waals surface area contributed by atoms with Gasteiger partial charge in [0.1, 0.15) is 36.6 Å². The predicted octanol–water partition coefficient (Wildman–Crippen LogP) is 2.02. The number of nitrogens with one attached hydrogen (secondary N) is 2. The Morgan fingerprint density at radius 3 is 2.89 bits per heavy atom. The summed E-state index contributed by atoms with van der Waals surface area (Å²) >= 11 is 0. The van der Waals surface area contributed by atoms with Crippen LogP contribution in [-0.2, 0) is 28.5 Å². The molecule has 5 atom stereocenters. The molecule has 1 aromatic carbocycles. The van der Waals surface area contributed by atoms with Crippen molar-refractivity contribution in [3.05, 3.63) is 42.5 Å². The Morgan fingerprint density at radius 2 is 2.13 bits per heavy atom. The second kappa shape index (κ2) is 24.5. The lowest BCUT2D eigenvalue weighted by Gasteiger charge is -2.19. The maximum atomic E-state index is 12.2. The van der Waals surface area contributed by atoms with E-state index >= 15 is 0 Å². The summed E-state index contributed by atoms with van der Waals surface area (Å²) in [6.07, 6.45) is 3.74. The lowest BCUT2D eigenvalue weighted by Crippen LogP contribution is -2.30. The van der Waals surface area contributed by atoms with Gasteiger partial charge in [0.15, 0.2) is 0 Å². The molecule has 0 aliphatic carbocycles. The molecule has 251 valence electrons. The second-order valence-corrected chi connectivity index (χ2v) is 12.4. The predicted molar refractivity (Wildman–Crippen MR) is 184 cm³/mol. The van der Waals surface area contributed by atoms with Crippen LogP contribution in [0.2, 0.25) is 0 Å². The lowest BCUT2D eigenvalue weighted by atomic mass is 9.71. The number of carbonyl (C=O) groups is 2. The molecule has 0 saturated carbocycles. The minimum Gasteiger partial charge on any atom is -0.490 e. The van der Waals surface area contributed by atoms with Crippen LogP contribution in [0.15, 0.2) is 36.9 Å². The molecule has 46 heavy (non-hydrogen) atoms. The van der Waals surface area contributed by atoms with Gasteiger partial charge in [-0.25, -0.2) is 0 Å². The highest BCUT2D eigenvalue weighted by atomic mass is 33.1. The normalized spacial score (nSPS) is 18.2. The molecule has 1 aliphatic rings. The third-order valence-electron chi connectivity index (χ3n) is 6.14. The number of amides is 2. The van der Waals surface area contributed by atoms with Crippen LogP contribution in [0.25, 0.3) is 0 Å². The van der Waals surface area contributed by atoms with E-state index in [1.54, 1.807) is 55.3 Å². The number of carbonyl (C=O) groups excluding carboxylic acids is 2. The first kappa shape index (κ1) is 39.5. The summed E-state index contributed by atoms with van der Waals surface area (Å²) in [6.45, 7) is 9.78. The summed E-state index contributed by atoms with van der Waals surface area (Å²) in [4.78, 5) is 24.3. The smallest absolute Gasteiger partial charge is 0.251 e. The number of benzene rings is 1. The molecule has 1 heterocycles. The number of ether oxygens (including phenoxy) is 6. The van der Waals surface area contributed by atoms with Crippen LogP contribution in [0.5, 0.6) is 5.75 Å². The molecular weight excluding hydrogens is 629 g/mol. The van der Waals surface area contributed by atoms with Crippen LogP contribution in [0.3, 0.4) is 0 Å². The Morgan fingerprint density at radius 1 is 1.28 bits per heavy atom. The van der Waals surface area contributed by atoms with Gasteiger partial charge in [-0.15, -0.1) is 12.5 Å². The molecule has 0 spiro atoms. The summed E-state index contributed by atoms with van der Waals surface area (Å²) in [5.74, 6) is 11.7. The van der Waals surface area contributed by atoms with Gasteiger partial charge in [0.05, 0.1) is 39.1 Å². The standard InChI is InChI=1S/C32H45BN3O8S2/c1-5-9-24(3)42-21-28-27(40-16-6-2)20-29(44-28)33-12-8-14-35-30(37)22-39-17-18-41-31(46-45-4)23-43-26-11-7-10-25(19-26)32(38)36-15-13-34/h6-7,10-11,19,24,27-29,31H,2,13-18,20-23,34H2,1,3-4H3,(H,35,37)(H,36,38)/t24?,27-,28?,29-,31?/m1/s1. The van der Waals surface area contributed by atoms with Crippen LogP contribution in [-0.4, -0.2) is 114 Å². The van der Waals surface area contributed by atoms with E-state index in [0.717, 1.165) is 0 Å². The first-order valence-corrected chi connectivity index (χ1v) is 17.6. The molecule has 1 fully saturated rings. The van der Waals surface area contributed by atoms with E-state index in [1.165, 1.54) is 10.8 Å². The monoisotopic (exact) mass is 674 g/mol. The molecule has 3 unspecified atom stereocenters. The van der Waals surface area contributed by atoms with E-state index in [-0.39, 0.29) is 74.5 Å². The molecule has 11 nitrogen and oxygen atoms in total. The molecule has 2 rings (SSSR count). The maximum absolute atomic E-state index is 12.2. The van der Waals surface area contributed by atoms with Gasteiger partial charge in [-0.1, -0.05) is 45.6 Å². The first-order chi connectivity index (χ1) is 22.4. The topological polar surface area (TPSA) is 140 Å². The fraction of sp³-hybridized carbons (Fsp3) is 0.562. The van der Waals surface area contributed by atoms with Gasteiger partial charge in [0.25, 0.3) is 13.2 Å². The van der Waals surface area contributed by atoms with E-state index in [2.05, 4.69) is 40.8 Å². The zero-order valence-corrected chi connectivity index (χ0v) is 28.4. The van der Waals surface area contributed by atoms with Gasteiger partial charge in [-0.3, -0.25) is 9.59 Å². The highest BCUT2D eigenvalue weighted by Gasteiger charge is 2.36. The van der Waals surface area contributed by atoms with Crippen LogP contribution in [0.4, 0.5) is 0 Å². The van der Waals surface area contributed by atoms with Gasteiger partial charge in [-0.05, 0) is 44.7 Å². The molecule has 2 amide bonds. The van der Waals surface area contributed by atoms with Gasteiger partial charge in [-0.2, -0.15) is 5.82 Å². The number of nitrogens with two attached hydrogens (primary N) is 1. The Kier molecular flexibility index (Phi) is 21.1. The largest absolute Gasteiger partial charge is 0.490 e. The van der Waals surface area contributed by atoms with Crippen molar-refractivity contribution in [2.75, 3.05) is 65.5 Å². The number of hydrogen-bond donors (Lipinski definition) is 3. The van der Waals surface area contributed by atoms with Gasteiger partial charge < -0.3 is 44.8 Å². The molecular formula is C32H45BN3O8S2. The molecule has 1 aliphatic heterocycles. The minimum atomic E-state index is -0.278. The van der Waals surface area contributed by atoms with Gasteiger partial charge in [0.2, 0.25) is 5.91 Å². The summed E-state index contributed by atoms with van der Waals surface area (Å²) in [6, 6.07) is 6.71. The van der Waals surface area contributed by atoms with Crippen molar-refractivity contribution < 1.29 is 38.0 Å². The zero-order chi connectivity index (χ0) is 33.4. The minimum absolute atomic E-state index is 0.110. The third-order valence-corrected chi connectivity index (χ3v) is 8.04. The quantitative estimate of drug-likeness (QED) is 0.0416. The average molecular weight is 675 g/mol. The summed E-state index contributed by atoms with van der Waals surface area (Å²) in [5, 5.41) is 5.44. The van der Waals surface area contributed by atoms with E-state index in [4.69, 9.17) is 34.2 Å². The highest BCUT2D eigenvalue weighted by molar-refractivity contribution is 8.76. The Labute approximate surface area is 281 Å². The van der Waals surface area contributed by atoms with Crippen LogP contribution in [0.1, 0.15) is 30.6 Å². The van der Waals surface area contributed by atoms with E-state index in [0.29, 0.717) is 44.0 Å². The summed E-state index contributed by atoms with van der Waals surface area (Å²) < 4.78 is 34.8. The van der Waals surface area contributed by atoms with Gasteiger partial charge >= 0.3 is 0 Å². The Balaban J connectivity index is 1.63. The Hall–Kier alpha value is -2.66. The first-order valence-electron chi connectivity index (χ1n) is 15.0. The molecule has 0 aromatic heterocycles. The SMILES string of the molecule is C=CCO[C@@H]1C[C@H]([B]C#CCNC(=O)COCCOC(COc2cccc(C(=O)NCCN)c2)SSC)OC1COC(C)C#CC. The molecule has 1 aromatic rings. The van der Waals surface area contributed by atoms with Crippen molar-refractivity contribution in [2.24, 2.45) is 5.73 Å². The van der Waals surface area contributed by atoms with Crippen molar-refractivity contribution >= 4 is 40.7 Å². The molecule has 4 N–H and O–H groups in total. The number of rotatable bonds is 22. The van der Waals surface area contributed by atoms with Crippen LogP contribution >= 0.6 is 21.6 Å². The molecule has 1 saturated heterocycles. The molecule has 0 bridgehead atoms. The van der Waals surface area contributed by atoms with E-state index < -0.39 is 0 Å². The van der Waals surface area contributed by atoms with Crippen LogP contribution < -0.4 is 21.1 Å². The lowest BCUT2D eigenvalue weighted by molar-refractivity contribution is -0.126. The van der Waals surface area contributed by atoms with Crippen molar-refractivity contribution in [1.82, 2.24) is 10.6 Å². The van der Waals surface area contributed by atoms with Crippen molar-refractivity contribution in [3.63, 3.8) is 0 Å². The summed E-state index contributed by atoms with van der Waals surface area (Å²) in [5.41, 5.74) is 5.66. The van der Waals surface area contributed by atoms with Crippen molar-refractivity contribution in [2.45, 2.75) is 50.0 Å². The third kappa shape index (κ3) is 16.8. The molecule has 14 heteroatoms. The highest BCUT2D eigenvalue weighted by Crippen LogP contribution is 2.26. The average Bonchev–Trinajstić information content (AvgIpc) is 3.45. The van der Waals surface area contributed by atoms with Crippen molar-refractivity contribution in [3.8, 4) is 29.3 Å². The summed E-state index contributed by atoms with van der Waals surface area (Å²) in [7, 11) is 4.82. The fourth-order valence-corrected chi connectivity index (χ4v) is 5.51. The fourth-order valence-electron chi connectivity index (χ4n) is 4.04. The van der Waals surface area contributed by atoms with Gasteiger partial charge in [0, 0.05) is 24.7 Å². The van der Waals surface area contributed by atoms with Crippen molar-refractivity contribution in [1.29, 1.82) is 0 Å². The maximum Gasteiger partial charge on any atom is 0.251 e. The Bertz CT molecular complexity index is 1190.